The minimum absolute atomic E-state index is 0.169. The van der Waals surface area contributed by atoms with E-state index >= 15 is 0 Å². The van der Waals surface area contributed by atoms with E-state index in [0.717, 1.165) is 37.7 Å². The third-order valence-electron chi connectivity index (χ3n) is 5.06. The molecule has 150 valence electrons. The first-order chi connectivity index (χ1) is 13.4. The van der Waals surface area contributed by atoms with Crippen LogP contribution >= 0.6 is 11.6 Å². The number of para-hydroxylation sites is 1. The molecule has 1 aliphatic carbocycles. The van der Waals surface area contributed by atoms with E-state index in [1.807, 2.05) is 6.92 Å². The van der Waals surface area contributed by atoms with Crippen molar-refractivity contribution >= 4 is 33.2 Å². The Morgan fingerprint density at radius 1 is 1.07 bits per heavy atom. The number of carbonyl (C=O) groups excluding carboxylic acids is 1. The summed E-state index contributed by atoms with van der Waals surface area (Å²) in [5, 5.41) is 3.15. The van der Waals surface area contributed by atoms with Gasteiger partial charge in [-0.1, -0.05) is 60.7 Å². The van der Waals surface area contributed by atoms with Crippen LogP contribution in [0.4, 0.5) is 5.69 Å². The maximum absolute atomic E-state index is 13.3. The zero-order chi connectivity index (χ0) is 20.1. The van der Waals surface area contributed by atoms with Crippen LogP contribution in [-0.2, 0) is 14.8 Å². The van der Waals surface area contributed by atoms with Gasteiger partial charge >= 0.3 is 0 Å². The molecule has 0 saturated heterocycles. The van der Waals surface area contributed by atoms with Crippen LogP contribution in [0.25, 0.3) is 0 Å². The van der Waals surface area contributed by atoms with E-state index in [2.05, 4.69) is 5.32 Å². The predicted molar refractivity (Wildman–Crippen MR) is 112 cm³/mol. The molecule has 1 N–H and O–H groups in total. The standard InChI is InChI=1S/C21H25ClN2O3S/c1-16-11-13-18(14-12-16)28(26,27)24(17-7-3-2-4-8-17)15-21(25)23-20-10-6-5-9-19(20)22/h5-6,9-14,17H,2-4,7-8,15H2,1H3,(H,23,25). The zero-order valence-corrected chi connectivity index (χ0v) is 17.5. The van der Waals surface area contributed by atoms with Gasteiger partial charge in [-0.25, -0.2) is 8.42 Å². The van der Waals surface area contributed by atoms with E-state index < -0.39 is 15.9 Å². The van der Waals surface area contributed by atoms with Crippen LogP contribution in [0.2, 0.25) is 5.02 Å². The lowest BCUT2D eigenvalue weighted by Gasteiger charge is -2.33. The van der Waals surface area contributed by atoms with Crippen molar-refractivity contribution in [2.24, 2.45) is 0 Å². The molecule has 0 spiro atoms. The highest BCUT2D eigenvalue weighted by Gasteiger charge is 2.34. The Hall–Kier alpha value is -1.89. The van der Waals surface area contributed by atoms with Crippen LogP contribution in [0.5, 0.6) is 0 Å². The van der Waals surface area contributed by atoms with Crippen molar-refractivity contribution in [1.82, 2.24) is 4.31 Å². The Labute approximate surface area is 171 Å². The molecule has 0 heterocycles. The summed E-state index contributed by atoms with van der Waals surface area (Å²) in [5.74, 6) is -0.394. The van der Waals surface area contributed by atoms with E-state index in [9.17, 15) is 13.2 Å². The summed E-state index contributed by atoms with van der Waals surface area (Å²) in [5.41, 5.74) is 1.46. The van der Waals surface area contributed by atoms with Crippen LogP contribution in [0.15, 0.2) is 53.4 Å². The summed E-state index contributed by atoms with van der Waals surface area (Å²) < 4.78 is 28.0. The Morgan fingerprint density at radius 2 is 1.71 bits per heavy atom. The van der Waals surface area contributed by atoms with Crippen molar-refractivity contribution in [2.75, 3.05) is 11.9 Å². The lowest BCUT2D eigenvalue weighted by Crippen LogP contribution is -2.45. The molecule has 7 heteroatoms. The third-order valence-corrected chi connectivity index (χ3v) is 7.30. The Balaban J connectivity index is 1.85. The second kappa shape index (κ2) is 9.07. The first-order valence-corrected chi connectivity index (χ1v) is 11.3. The van der Waals surface area contributed by atoms with E-state index in [-0.39, 0.29) is 17.5 Å². The summed E-state index contributed by atoms with van der Waals surface area (Å²) in [7, 11) is -3.78. The average molecular weight is 421 g/mol. The van der Waals surface area contributed by atoms with E-state index in [4.69, 9.17) is 11.6 Å². The fraction of sp³-hybridized carbons (Fsp3) is 0.381. The molecule has 1 saturated carbocycles. The maximum Gasteiger partial charge on any atom is 0.243 e. The number of nitrogens with zero attached hydrogens (tertiary/aromatic N) is 1. The number of amides is 1. The van der Waals surface area contributed by atoms with Crippen molar-refractivity contribution in [3.63, 3.8) is 0 Å². The van der Waals surface area contributed by atoms with Gasteiger partial charge in [-0.2, -0.15) is 4.31 Å². The summed E-state index contributed by atoms with van der Waals surface area (Å²) in [6.07, 6.45) is 4.57. The fourth-order valence-corrected chi connectivity index (χ4v) is 5.34. The van der Waals surface area contributed by atoms with Gasteiger partial charge in [-0.3, -0.25) is 4.79 Å². The quantitative estimate of drug-likeness (QED) is 0.741. The number of benzene rings is 2. The number of nitrogens with one attached hydrogen (secondary N) is 1. The number of aryl methyl sites for hydroxylation is 1. The number of rotatable bonds is 6. The van der Waals surface area contributed by atoms with Crippen molar-refractivity contribution in [3.05, 3.63) is 59.1 Å². The van der Waals surface area contributed by atoms with Crippen molar-refractivity contribution in [1.29, 1.82) is 0 Å². The second-order valence-electron chi connectivity index (χ2n) is 7.18. The largest absolute Gasteiger partial charge is 0.324 e. The van der Waals surface area contributed by atoms with Crippen LogP contribution in [0.1, 0.15) is 37.7 Å². The van der Waals surface area contributed by atoms with Gasteiger partial charge in [-0.15, -0.1) is 0 Å². The van der Waals surface area contributed by atoms with Gasteiger partial charge in [0.05, 0.1) is 22.2 Å². The molecule has 0 aliphatic heterocycles. The summed E-state index contributed by atoms with van der Waals surface area (Å²) >= 11 is 6.11. The monoisotopic (exact) mass is 420 g/mol. The number of hydrogen-bond acceptors (Lipinski definition) is 3. The molecule has 1 aliphatic rings. The lowest BCUT2D eigenvalue weighted by atomic mass is 9.95. The van der Waals surface area contributed by atoms with Crippen LogP contribution in [0.3, 0.4) is 0 Å². The van der Waals surface area contributed by atoms with E-state index in [1.165, 1.54) is 4.31 Å². The van der Waals surface area contributed by atoms with Gasteiger partial charge in [0.25, 0.3) is 0 Å². The van der Waals surface area contributed by atoms with Crippen LogP contribution in [0, 0.1) is 6.92 Å². The molecule has 0 unspecified atom stereocenters. The molecular formula is C21H25ClN2O3S. The van der Waals surface area contributed by atoms with E-state index in [0.29, 0.717) is 10.7 Å². The highest BCUT2D eigenvalue weighted by atomic mass is 35.5. The number of halogens is 1. The molecule has 0 bridgehead atoms. The minimum Gasteiger partial charge on any atom is -0.324 e. The molecule has 1 fully saturated rings. The molecule has 0 atom stereocenters. The first kappa shape index (κ1) is 20.8. The molecule has 1 amide bonds. The number of carbonyl (C=O) groups is 1. The predicted octanol–water partition coefficient (Wildman–Crippen LogP) is 4.61. The van der Waals surface area contributed by atoms with Gasteiger partial charge in [0, 0.05) is 6.04 Å². The molecule has 2 aromatic carbocycles. The Morgan fingerprint density at radius 3 is 2.36 bits per heavy atom. The summed E-state index contributed by atoms with van der Waals surface area (Å²) in [6.45, 7) is 1.68. The highest BCUT2D eigenvalue weighted by Crippen LogP contribution is 2.28. The minimum atomic E-state index is -3.78. The fourth-order valence-electron chi connectivity index (χ4n) is 3.52. The highest BCUT2D eigenvalue weighted by molar-refractivity contribution is 7.89. The van der Waals surface area contributed by atoms with Gasteiger partial charge in [0.1, 0.15) is 0 Å². The lowest BCUT2D eigenvalue weighted by molar-refractivity contribution is -0.116. The molecule has 0 radical (unpaired) electrons. The van der Waals surface area contributed by atoms with E-state index in [1.54, 1.807) is 48.5 Å². The van der Waals surface area contributed by atoms with Crippen molar-refractivity contribution in [2.45, 2.75) is 50.0 Å². The molecule has 2 aromatic rings. The SMILES string of the molecule is Cc1ccc(S(=O)(=O)N(CC(=O)Nc2ccccc2Cl)C2CCCCC2)cc1. The van der Waals surface area contributed by atoms with Crippen LogP contribution in [-0.4, -0.2) is 31.2 Å². The van der Waals surface area contributed by atoms with Crippen molar-refractivity contribution < 1.29 is 13.2 Å². The molecular weight excluding hydrogens is 396 g/mol. The van der Waals surface area contributed by atoms with Crippen molar-refractivity contribution in [3.8, 4) is 0 Å². The number of sulfonamides is 1. The average Bonchev–Trinajstić information content (AvgIpc) is 2.69. The smallest absolute Gasteiger partial charge is 0.243 e. The van der Waals surface area contributed by atoms with Gasteiger partial charge in [0.2, 0.25) is 15.9 Å². The molecule has 28 heavy (non-hydrogen) atoms. The summed E-state index contributed by atoms with van der Waals surface area (Å²) in [6, 6.07) is 13.5. The number of hydrogen-bond donors (Lipinski definition) is 1. The third kappa shape index (κ3) is 4.93. The molecule has 3 rings (SSSR count). The topological polar surface area (TPSA) is 66.5 Å². The molecule has 0 aromatic heterocycles. The second-order valence-corrected chi connectivity index (χ2v) is 9.48. The van der Waals surface area contributed by atoms with Gasteiger partial charge in [0.15, 0.2) is 0 Å². The summed E-state index contributed by atoms with van der Waals surface area (Å²) in [4.78, 5) is 12.9. The van der Waals surface area contributed by atoms with Gasteiger partial charge in [-0.05, 0) is 44.0 Å². The normalized spacial score (nSPS) is 15.5. The zero-order valence-electron chi connectivity index (χ0n) is 15.9. The molecule has 5 nitrogen and oxygen atoms in total. The first-order valence-electron chi connectivity index (χ1n) is 9.51. The van der Waals surface area contributed by atoms with Crippen LogP contribution < -0.4 is 5.32 Å². The maximum atomic E-state index is 13.3. The Bertz CT molecular complexity index is 923. The Kier molecular flexibility index (Phi) is 6.75. The van der Waals surface area contributed by atoms with Gasteiger partial charge < -0.3 is 5.32 Å². The number of anilines is 1.